The van der Waals surface area contributed by atoms with Crippen molar-refractivity contribution in [2.45, 2.75) is 39.3 Å². The van der Waals surface area contributed by atoms with Crippen LogP contribution in [-0.4, -0.2) is 17.6 Å². The molecule has 2 aromatic rings. The third kappa shape index (κ3) is 3.19. The van der Waals surface area contributed by atoms with Crippen LogP contribution in [0.1, 0.15) is 30.3 Å². The molecule has 106 valence electrons. The quantitative estimate of drug-likeness (QED) is 0.878. The SMILES string of the molecule is CCOc1cccc(-c2nc(C)c(CNC3CC3)s2)c1. The first-order valence-corrected chi connectivity index (χ1v) is 8.01. The maximum Gasteiger partial charge on any atom is 0.124 e. The van der Waals surface area contributed by atoms with Crippen molar-refractivity contribution in [2.24, 2.45) is 0 Å². The Kier molecular flexibility index (Phi) is 4.03. The van der Waals surface area contributed by atoms with Gasteiger partial charge in [-0.3, -0.25) is 0 Å². The van der Waals surface area contributed by atoms with Gasteiger partial charge in [0.2, 0.25) is 0 Å². The highest BCUT2D eigenvalue weighted by Gasteiger charge is 2.21. The minimum absolute atomic E-state index is 0.691. The Hall–Kier alpha value is -1.39. The van der Waals surface area contributed by atoms with Gasteiger partial charge in [-0.1, -0.05) is 12.1 Å². The molecule has 0 radical (unpaired) electrons. The Morgan fingerprint density at radius 2 is 2.25 bits per heavy atom. The van der Waals surface area contributed by atoms with Crippen LogP contribution >= 0.6 is 11.3 Å². The maximum absolute atomic E-state index is 5.56. The fourth-order valence-corrected chi connectivity index (χ4v) is 3.14. The summed E-state index contributed by atoms with van der Waals surface area (Å²) >= 11 is 1.78. The molecular weight excluding hydrogens is 268 g/mol. The first-order chi connectivity index (χ1) is 9.76. The van der Waals surface area contributed by atoms with Crippen LogP contribution in [0.5, 0.6) is 5.75 Å². The fraction of sp³-hybridized carbons (Fsp3) is 0.438. The van der Waals surface area contributed by atoms with Crippen LogP contribution in [0.3, 0.4) is 0 Å². The van der Waals surface area contributed by atoms with Gasteiger partial charge < -0.3 is 10.1 Å². The first-order valence-electron chi connectivity index (χ1n) is 7.19. The van der Waals surface area contributed by atoms with Crippen molar-refractivity contribution in [3.05, 3.63) is 34.8 Å². The summed E-state index contributed by atoms with van der Waals surface area (Å²) in [7, 11) is 0. The molecule has 0 bridgehead atoms. The second-order valence-corrected chi connectivity index (χ2v) is 6.23. The number of rotatable bonds is 6. The number of hydrogen-bond donors (Lipinski definition) is 1. The largest absolute Gasteiger partial charge is 0.494 e. The molecule has 1 aromatic carbocycles. The van der Waals surface area contributed by atoms with Crippen LogP contribution in [0.15, 0.2) is 24.3 Å². The number of nitrogens with one attached hydrogen (secondary N) is 1. The zero-order chi connectivity index (χ0) is 13.9. The average Bonchev–Trinajstić information content (AvgIpc) is 3.20. The first kappa shape index (κ1) is 13.6. The van der Waals surface area contributed by atoms with E-state index in [2.05, 4.69) is 24.4 Å². The van der Waals surface area contributed by atoms with E-state index in [-0.39, 0.29) is 0 Å². The summed E-state index contributed by atoms with van der Waals surface area (Å²) in [6.45, 7) is 5.73. The highest BCUT2D eigenvalue weighted by Crippen LogP contribution is 2.30. The number of nitrogens with zero attached hydrogens (tertiary/aromatic N) is 1. The van der Waals surface area contributed by atoms with Crippen LogP contribution in [0.2, 0.25) is 0 Å². The van der Waals surface area contributed by atoms with Crippen molar-refractivity contribution < 1.29 is 4.74 Å². The van der Waals surface area contributed by atoms with Crippen molar-refractivity contribution in [1.82, 2.24) is 10.3 Å². The van der Waals surface area contributed by atoms with E-state index < -0.39 is 0 Å². The number of benzene rings is 1. The molecule has 3 rings (SSSR count). The molecule has 1 aromatic heterocycles. The molecule has 0 spiro atoms. The lowest BCUT2D eigenvalue weighted by Crippen LogP contribution is -2.14. The molecular formula is C16H20N2OS. The monoisotopic (exact) mass is 288 g/mol. The minimum Gasteiger partial charge on any atom is -0.494 e. The maximum atomic E-state index is 5.56. The molecule has 1 N–H and O–H groups in total. The molecule has 1 aliphatic rings. The lowest BCUT2D eigenvalue weighted by molar-refractivity contribution is 0.340. The van der Waals surface area contributed by atoms with Crippen molar-refractivity contribution in [3.8, 4) is 16.3 Å². The minimum atomic E-state index is 0.691. The van der Waals surface area contributed by atoms with E-state index in [1.165, 1.54) is 17.7 Å². The van der Waals surface area contributed by atoms with Gasteiger partial charge in [-0.15, -0.1) is 11.3 Å². The summed E-state index contributed by atoms with van der Waals surface area (Å²) in [5.41, 5.74) is 2.28. The van der Waals surface area contributed by atoms with Gasteiger partial charge in [0.1, 0.15) is 10.8 Å². The van der Waals surface area contributed by atoms with Crippen LogP contribution < -0.4 is 10.1 Å². The predicted molar refractivity (Wildman–Crippen MR) is 83.3 cm³/mol. The lowest BCUT2D eigenvalue weighted by atomic mass is 10.2. The molecule has 1 heterocycles. The van der Waals surface area contributed by atoms with Gasteiger partial charge in [-0.2, -0.15) is 0 Å². The zero-order valence-corrected chi connectivity index (χ0v) is 12.8. The molecule has 4 heteroatoms. The van der Waals surface area contributed by atoms with Crippen molar-refractivity contribution in [2.75, 3.05) is 6.61 Å². The fourth-order valence-electron chi connectivity index (χ4n) is 2.13. The molecule has 0 unspecified atom stereocenters. The summed E-state index contributed by atoms with van der Waals surface area (Å²) in [6, 6.07) is 8.92. The molecule has 0 amide bonds. The number of aryl methyl sites for hydroxylation is 1. The number of ether oxygens (including phenoxy) is 1. The van der Waals surface area contributed by atoms with E-state index in [0.29, 0.717) is 6.61 Å². The molecule has 0 atom stereocenters. The van der Waals surface area contributed by atoms with Crippen molar-refractivity contribution in [1.29, 1.82) is 0 Å². The van der Waals surface area contributed by atoms with Gasteiger partial charge in [0, 0.05) is 23.0 Å². The third-order valence-corrected chi connectivity index (χ3v) is 4.62. The highest BCUT2D eigenvalue weighted by atomic mass is 32.1. The number of aromatic nitrogens is 1. The van der Waals surface area contributed by atoms with Gasteiger partial charge in [0.15, 0.2) is 0 Å². The van der Waals surface area contributed by atoms with E-state index in [0.717, 1.165) is 34.6 Å². The summed E-state index contributed by atoms with van der Waals surface area (Å²) in [5.74, 6) is 0.913. The van der Waals surface area contributed by atoms with E-state index in [1.807, 2.05) is 19.1 Å². The molecule has 0 saturated heterocycles. The molecule has 1 aliphatic carbocycles. The van der Waals surface area contributed by atoms with Gasteiger partial charge in [-0.05, 0) is 38.8 Å². The smallest absolute Gasteiger partial charge is 0.124 e. The van der Waals surface area contributed by atoms with Crippen LogP contribution in [0.25, 0.3) is 10.6 Å². The summed E-state index contributed by atoms with van der Waals surface area (Å²) in [5, 5.41) is 4.64. The molecule has 1 saturated carbocycles. The molecule has 1 fully saturated rings. The molecule has 0 aliphatic heterocycles. The Balaban J connectivity index is 1.78. The standard InChI is InChI=1S/C16H20N2OS/c1-3-19-14-6-4-5-12(9-14)16-18-11(2)15(20-16)10-17-13-7-8-13/h4-6,9,13,17H,3,7-8,10H2,1-2H3. The Morgan fingerprint density at radius 1 is 1.40 bits per heavy atom. The second-order valence-electron chi connectivity index (χ2n) is 5.14. The topological polar surface area (TPSA) is 34.1 Å². The average molecular weight is 288 g/mol. The third-order valence-electron chi connectivity index (χ3n) is 3.41. The van der Waals surface area contributed by atoms with E-state index in [1.54, 1.807) is 11.3 Å². The predicted octanol–water partition coefficient (Wildman–Crippen LogP) is 3.77. The van der Waals surface area contributed by atoms with Crippen LogP contribution in [0, 0.1) is 6.92 Å². The highest BCUT2D eigenvalue weighted by molar-refractivity contribution is 7.15. The van der Waals surface area contributed by atoms with E-state index in [9.17, 15) is 0 Å². The number of hydrogen-bond acceptors (Lipinski definition) is 4. The molecule has 20 heavy (non-hydrogen) atoms. The molecule has 3 nitrogen and oxygen atoms in total. The Labute approximate surface area is 124 Å². The second kappa shape index (κ2) is 5.94. The Morgan fingerprint density at radius 3 is 3.00 bits per heavy atom. The normalized spacial score (nSPS) is 14.5. The number of thiazole rings is 1. The summed E-state index contributed by atoms with van der Waals surface area (Å²) in [4.78, 5) is 6.04. The van der Waals surface area contributed by atoms with Gasteiger partial charge >= 0.3 is 0 Å². The Bertz CT molecular complexity index is 590. The van der Waals surface area contributed by atoms with Gasteiger partial charge in [-0.25, -0.2) is 4.98 Å². The summed E-state index contributed by atoms with van der Waals surface area (Å²) in [6.07, 6.45) is 2.64. The lowest BCUT2D eigenvalue weighted by Gasteiger charge is -2.03. The van der Waals surface area contributed by atoms with E-state index >= 15 is 0 Å². The van der Waals surface area contributed by atoms with Gasteiger partial charge in [0.25, 0.3) is 0 Å². The van der Waals surface area contributed by atoms with Gasteiger partial charge in [0.05, 0.1) is 12.3 Å². The van der Waals surface area contributed by atoms with Crippen molar-refractivity contribution >= 4 is 11.3 Å². The van der Waals surface area contributed by atoms with Crippen molar-refractivity contribution in [3.63, 3.8) is 0 Å². The summed E-state index contributed by atoms with van der Waals surface area (Å²) < 4.78 is 5.56. The van der Waals surface area contributed by atoms with Crippen LogP contribution in [-0.2, 0) is 6.54 Å². The van der Waals surface area contributed by atoms with Crippen LogP contribution in [0.4, 0.5) is 0 Å². The zero-order valence-electron chi connectivity index (χ0n) is 12.0. The van der Waals surface area contributed by atoms with E-state index in [4.69, 9.17) is 9.72 Å².